The fraction of sp³-hybridized carbons (Fsp3) is 0.684. The van der Waals surface area contributed by atoms with Gasteiger partial charge in [0, 0.05) is 24.8 Å². The maximum Gasteiger partial charge on any atom is 0.287 e. The molecule has 1 amide bonds. The van der Waals surface area contributed by atoms with Crippen molar-refractivity contribution in [1.82, 2.24) is 20.0 Å². The molecule has 0 aliphatic carbocycles. The molecule has 3 aromatic rings. The lowest BCUT2D eigenvalue weighted by molar-refractivity contribution is -0.138. The number of nitrogens with two attached hydrogens (primary N) is 1. The van der Waals surface area contributed by atoms with Crippen molar-refractivity contribution in [1.29, 1.82) is 0 Å². The Kier molecular flexibility index (Phi) is 18.1. The van der Waals surface area contributed by atoms with Gasteiger partial charge in [-0.05, 0) is 31.7 Å². The summed E-state index contributed by atoms with van der Waals surface area (Å²) in [6, 6.07) is 7.88. The molecule has 0 saturated carbocycles. The van der Waals surface area contributed by atoms with Crippen LogP contribution in [0, 0.1) is 0 Å². The summed E-state index contributed by atoms with van der Waals surface area (Å²) in [4.78, 5) is 40.1. The zero-order valence-electron chi connectivity index (χ0n) is 28.9. The molecule has 8 heteroatoms. The van der Waals surface area contributed by atoms with Crippen LogP contribution in [0.5, 0.6) is 0 Å². The van der Waals surface area contributed by atoms with Crippen molar-refractivity contribution >= 4 is 39.4 Å². The summed E-state index contributed by atoms with van der Waals surface area (Å²) >= 11 is 0. The molecular weight excluding hydrogens is 574 g/mol. The molecule has 0 unspecified atom stereocenters. The molecule has 8 nitrogen and oxygen atoms in total. The van der Waals surface area contributed by atoms with E-state index in [-0.39, 0.29) is 5.78 Å². The fourth-order valence-corrected chi connectivity index (χ4v) is 6.08. The van der Waals surface area contributed by atoms with Gasteiger partial charge in [0.05, 0.1) is 5.52 Å². The summed E-state index contributed by atoms with van der Waals surface area (Å²) in [7, 11) is 0. The maximum atomic E-state index is 12.3. The molecule has 0 aliphatic rings. The average molecular weight is 636 g/mol. The van der Waals surface area contributed by atoms with Crippen molar-refractivity contribution in [2.24, 2.45) is 0 Å². The van der Waals surface area contributed by atoms with Crippen LogP contribution in [-0.2, 0) is 16.0 Å². The number of unbranched alkanes of at least 4 members (excludes halogenated alkanes) is 17. The minimum absolute atomic E-state index is 0.301. The van der Waals surface area contributed by atoms with Gasteiger partial charge in [-0.1, -0.05) is 135 Å². The van der Waals surface area contributed by atoms with Crippen molar-refractivity contribution in [3.63, 3.8) is 0 Å². The number of nitrogen functional groups attached to an aromatic ring is 1. The van der Waals surface area contributed by atoms with Gasteiger partial charge in [-0.2, -0.15) is 4.73 Å². The second-order valence-corrected chi connectivity index (χ2v) is 12.9. The lowest BCUT2D eigenvalue weighted by atomic mass is 10.0. The Labute approximate surface area is 277 Å². The molecule has 46 heavy (non-hydrogen) atoms. The number of hydrogen-bond donors (Lipinski definition) is 2. The van der Waals surface area contributed by atoms with Crippen molar-refractivity contribution in [3.05, 3.63) is 30.1 Å². The summed E-state index contributed by atoms with van der Waals surface area (Å²) in [6.45, 7) is 5.35. The van der Waals surface area contributed by atoms with Crippen LogP contribution in [0.25, 0.3) is 21.9 Å². The number of imidazole rings is 1. The number of benzene rings is 1. The summed E-state index contributed by atoms with van der Waals surface area (Å²) in [6.07, 6.45) is 25.3. The first kappa shape index (κ1) is 37.3. The zero-order valence-corrected chi connectivity index (χ0v) is 28.9. The first-order valence-electron chi connectivity index (χ1n) is 18.6. The monoisotopic (exact) mass is 635 g/mol. The normalized spacial score (nSPS) is 11.4. The molecule has 0 radical (unpaired) electrons. The van der Waals surface area contributed by atoms with E-state index in [1.54, 1.807) is 0 Å². The molecule has 0 atom stereocenters. The van der Waals surface area contributed by atoms with Crippen LogP contribution in [0.1, 0.15) is 155 Å². The Balaban J connectivity index is 1.23. The van der Waals surface area contributed by atoms with Crippen molar-refractivity contribution in [3.8, 4) is 0 Å². The van der Waals surface area contributed by atoms with E-state index < -0.39 is 5.91 Å². The largest absolute Gasteiger partial charge is 0.412 e. The third-order valence-corrected chi connectivity index (χ3v) is 8.89. The highest BCUT2D eigenvalue weighted by Gasteiger charge is 2.18. The number of para-hydroxylation sites is 1. The molecule has 0 fully saturated rings. The van der Waals surface area contributed by atoms with E-state index in [4.69, 9.17) is 15.6 Å². The third kappa shape index (κ3) is 12.9. The van der Waals surface area contributed by atoms with Crippen molar-refractivity contribution in [2.45, 2.75) is 155 Å². The lowest BCUT2D eigenvalue weighted by Gasteiger charge is -2.12. The molecule has 0 bridgehead atoms. The molecule has 3 rings (SSSR count). The quantitative estimate of drug-likeness (QED) is 0.0638. The molecule has 3 N–H and O–H groups in total. The van der Waals surface area contributed by atoms with Crippen LogP contribution in [0.2, 0.25) is 0 Å². The second kappa shape index (κ2) is 22.4. The number of anilines is 1. The lowest BCUT2D eigenvalue weighted by Crippen LogP contribution is -2.31. The van der Waals surface area contributed by atoms with Crippen LogP contribution in [0.15, 0.2) is 24.3 Å². The Bertz CT molecular complexity index is 1300. The molecule has 256 valence electrons. The molecule has 2 aromatic heterocycles. The van der Waals surface area contributed by atoms with Gasteiger partial charge in [0.25, 0.3) is 5.91 Å². The van der Waals surface area contributed by atoms with Gasteiger partial charge < -0.3 is 15.9 Å². The van der Waals surface area contributed by atoms with E-state index in [1.807, 2.05) is 29.0 Å². The van der Waals surface area contributed by atoms with Crippen LogP contribution in [0.3, 0.4) is 0 Å². The Morgan fingerprint density at radius 3 is 1.96 bits per heavy atom. The third-order valence-electron chi connectivity index (χ3n) is 8.89. The molecular formula is C38H61N5O3. The van der Waals surface area contributed by atoms with E-state index in [0.717, 1.165) is 73.6 Å². The van der Waals surface area contributed by atoms with Gasteiger partial charge >= 0.3 is 0 Å². The standard InChI is InChI=1S/C38H61N5O3/c1-3-5-7-8-9-10-11-12-13-14-15-16-17-18-19-20-27-33(44)38(45)40-29-23-24-30-46-43-34(28-6-4-2)42-35-36(43)31-25-21-22-26-32(31)41-37(35)39/h21-22,25-26H,3-20,23-24,27-30H2,1-2H3,(H2,39,41)(H,40,45). The highest BCUT2D eigenvalue weighted by Crippen LogP contribution is 2.28. The van der Waals surface area contributed by atoms with Crippen LogP contribution in [-0.4, -0.2) is 39.5 Å². The van der Waals surface area contributed by atoms with E-state index in [1.165, 1.54) is 83.5 Å². The Hall–Kier alpha value is -3.16. The van der Waals surface area contributed by atoms with Crippen LogP contribution in [0.4, 0.5) is 5.82 Å². The number of carbonyl (C=O) groups excluding carboxylic acids is 2. The average Bonchev–Trinajstić information content (AvgIpc) is 3.44. The van der Waals surface area contributed by atoms with E-state index in [2.05, 4.69) is 24.1 Å². The van der Waals surface area contributed by atoms with Gasteiger partial charge in [0.2, 0.25) is 5.78 Å². The first-order chi connectivity index (χ1) is 22.6. The second-order valence-electron chi connectivity index (χ2n) is 12.9. The number of aryl methyl sites for hydroxylation is 1. The van der Waals surface area contributed by atoms with Crippen molar-refractivity contribution in [2.75, 3.05) is 18.9 Å². The molecule has 1 aromatic carbocycles. The minimum atomic E-state index is -0.459. The smallest absolute Gasteiger partial charge is 0.287 e. The highest BCUT2D eigenvalue weighted by atomic mass is 16.7. The summed E-state index contributed by atoms with van der Waals surface area (Å²) in [5, 5.41) is 3.75. The number of pyridine rings is 1. The number of amides is 1. The SMILES string of the molecule is CCCCCCCCCCCCCCCCCCC(=O)C(=O)NCCCCOn1c(CCCC)nc2c(N)nc3ccccc3c21. The highest BCUT2D eigenvalue weighted by molar-refractivity contribution is 6.36. The van der Waals surface area contributed by atoms with Crippen LogP contribution >= 0.6 is 0 Å². The summed E-state index contributed by atoms with van der Waals surface area (Å²) < 4.78 is 1.82. The van der Waals surface area contributed by atoms with Crippen molar-refractivity contribution < 1.29 is 14.4 Å². The molecule has 2 heterocycles. The zero-order chi connectivity index (χ0) is 32.8. The fourth-order valence-electron chi connectivity index (χ4n) is 6.08. The van der Waals surface area contributed by atoms with E-state index >= 15 is 0 Å². The van der Waals surface area contributed by atoms with Gasteiger partial charge in [-0.3, -0.25) is 9.59 Å². The number of ketones is 1. The number of nitrogens with one attached hydrogen (secondary N) is 1. The number of rotatable bonds is 27. The number of aromatic nitrogens is 3. The van der Waals surface area contributed by atoms with Gasteiger partial charge in [-0.25, -0.2) is 9.97 Å². The van der Waals surface area contributed by atoms with Crippen LogP contribution < -0.4 is 15.9 Å². The molecule has 0 spiro atoms. The number of fused-ring (bicyclic) bond motifs is 3. The number of hydrogen-bond acceptors (Lipinski definition) is 6. The number of nitrogens with zero attached hydrogens (tertiary/aromatic N) is 3. The van der Waals surface area contributed by atoms with Gasteiger partial charge in [-0.15, -0.1) is 0 Å². The van der Waals surface area contributed by atoms with Gasteiger partial charge in [0.15, 0.2) is 5.82 Å². The summed E-state index contributed by atoms with van der Waals surface area (Å²) in [5.41, 5.74) is 8.59. The number of Topliss-reactive ketones (excluding diaryl/α,β-unsaturated/α-hetero) is 1. The predicted molar refractivity (Wildman–Crippen MR) is 191 cm³/mol. The first-order valence-corrected chi connectivity index (χ1v) is 18.6. The Morgan fingerprint density at radius 1 is 0.739 bits per heavy atom. The molecule has 0 saturated heterocycles. The van der Waals surface area contributed by atoms with Gasteiger partial charge in [0.1, 0.15) is 23.5 Å². The Morgan fingerprint density at radius 2 is 1.33 bits per heavy atom. The van der Waals surface area contributed by atoms with E-state index in [0.29, 0.717) is 30.9 Å². The maximum absolute atomic E-state index is 12.3. The summed E-state index contributed by atoms with van der Waals surface area (Å²) in [5.74, 6) is 0.486. The molecule has 0 aliphatic heterocycles. The van der Waals surface area contributed by atoms with E-state index in [9.17, 15) is 9.59 Å². The topological polar surface area (TPSA) is 112 Å². The number of carbonyl (C=O) groups is 2. The minimum Gasteiger partial charge on any atom is -0.412 e. The predicted octanol–water partition coefficient (Wildman–Crippen LogP) is 9.06.